The Morgan fingerprint density at radius 3 is 2.46 bits per heavy atom. The number of likely N-dealkylation sites (N-methyl/N-ethyl adjacent to an activating group) is 1. The molecule has 0 unspecified atom stereocenters. The molecule has 1 aromatic rings. The molecule has 1 fully saturated rings. The number of nitrogens with zero attached hydrogens (tertiary/aromatic N) is 4. The molecule has 7 nitrogen and oxygen atoms in total. The first-order valence-electron chi connectivity index (χ1n) is 9.29. The van der Waals surface area contributed by atoms with Gasteiger partial charge < -0.3 is 14.5 Å². The van der Waals surface area contributed by atoms with Crippen molar-refractivity contribution in [3.8, 4) is 0 Å². The highest BCUT2D eigenvalue weighted by Crippen LogP contribution is 2.35. The zero-order chi connectivity index (χ0) is 19.3. The van der Waals surface area contributed by atoms with E-state index in [9.17, 15) is 9.59 Å². The predicted molar refractivity (Wildman–Crippen MR) is 99.6 cm³/mol. The summed E-state index contributed by atoms with van der Waals surface area (Å²) in [5.74, 6) is 1.11. The Bertz CT molecular complexity index is 620. The average molecular weight is 364 g/mol. The van der Waals surface area contributed by atoms with Gasteiger partial charge in [0.1, 0.15) is 6.61 Å². The second-order valence-corrected chi connectivity index (χ2v) is 7.48. The number of aromatic nitrogens is 2. The molecule has 7 heteroatoms. The first-order chi connectivity index (χ1) is 12.3. The molecule has 1 aliphatic carbocycles. The number of hydrogen-bond donors (Lipinski definition) is 0. The van der Waals surface area contributed by atoms with Gasteiger partial charge in [-0.25, -0.2) is 0 Å². The van der Waals surface area contributed by atoms with E-state index in [2.05, 4.69) is 11.2 Å². The summed E-state index contributed by atoms with van der Waals surface area (Å²) >= 11 is 0. The molecule has 0 atom stereocenters. The van der Waals surface area contributed by atoms with Gasteiger partial charge in [0.2, 0.25) is 11.8 Å². The molecule has 2 amide bonds. The molecule has 0 bridgehead atoms. The molecule has 0 radical (unpaired) electrons. The van der Waals surface area contributed by atoms with E-state index < -0.39 is 0 Å². The van der Waals surface area contributed by atoms with E-state index in [1.165, 1.54) is 0 Å². The zero-order valence-electron chi connectivity index (χ0n) is 16.7. The Labute approximate surface area is 156 Å². The average Bonchev–Trinajstić information content (AvgIpc) is 2.96. The summed E-state index contributed by atoms with van der Waals surface area (Å²) in [5, 5.41) is 4.68. The molecule has 1 aromatic heterocycles. The number of rotatable bonds is 7. The van der Waals surface area contributed by atoms with E-state index in [0.29, 0.717) is 18.4 Å². The van der Waals surface area contributed by atoms with Crippen LogP contribution in [0.1, 0.15) is 49.9 Å². The fourth-order valence-corrected chi connectivity index (χ4v) is 3.60. The van der Waals surface area contributed by atoms with E-state index in [1.54, 1.807) is 23.8 Å². The van der Waals surface area contributed by atoms with Crippen molar-refractivity contribution in [2.75, 3.05) is 34.4 Å². The van der Waals surface area contributed by atoms with Crippen molar-refractivity contribution in [3.63, 3.8) is 0 Å². The van der Waals surface area contributed by atoms with Gasteiger partial charge >= 0.3 is 0 Å². The van der Waals surface area contributed by atoms with E-state index in [0.717, 1.165) is 43.6 Å². The Hall–Kier alpha value is -1.89. The Kier molecular flexibility index (Phi) is 7.20. The lowest BCUT2D eigenvalue weighted by Crippen LogP contribution is -2.35. The minimum absolute atomic E-state index is 0.0404. The number of hydrogen-bond acceptors (Lipinski definition) is 4. The van der Waals surface area contributed by atoms with Crippen LogP contribution in [-0.2, 0) is 27.9 Å². The molecular formula is C19H32N4O3. The summed E-state index contributed by atoms with van der Waals surface area (Å²) < 4.78 is 6.81. The Morgan fingerprint density at radius 1 is 1.23 bits per heavy atom. The van der Waals surface area contributed by atoms with E-state index in [4.69, 9.17) is 4.74 Å². The minimum Gasteiger partial charge on any atom is -0.375 e. The van der Waals surface area contributed by atoms with Crippen LogP contribution in [-0.4, -0.2) is 65.8 Å². The lowest BCUT2D eigenvalue weighted by molar-refractivity contribution is -0.134. The summed E-state index contributed by atoms with van der Waals surface area (Å²) in [6.07, 6.45) is 4.40. The maximum atomic E-state index is 11.8. The summed E-state index contributed by atoms with van der Waals surface area (Å²) in [6.45, 7) is 3.11. The fourth-order valence-electron chi connectivity index (χ4n) is 3.60. The summed E-state index contributed by atoms with van der Waals surface area (Å²) in [6, 6.07) is 2.14. The van der Waals surface area contributed by atoms with E-state index >= 15 is 0 Å². The van der Waals surface area contributed by atoms with Crippen molar-refractivity contribution < 1.29 is 14.3 Å². The monoisotopic (exact) mass is 364 g/mol. The molecule has 0 spiro atoms. The highest BCUT2D eigenvalue weighted by Gasteiger charge is 2.26. The smallest absolute Gasteiger partial charge is 0.248 e. The molecule has 1 aliphatic rings. The SMILES string of the molecule is COCC(=O)N(C)CC1CCC(c2cc(CN(C)C(C)=O)n(C)n2)CC1. The molecular weight excluding hydrogens is 332 g/mol. The number of amides is 2. The molecule has 0 aromatic carbocycles. The number of carbonyl (C=O) groups excluding carboxylic acids is 2. The van der Waals surface area contributed by atoms with Crippen molar-refractivity contribution in [1.29, 1.82) is 0 Å². The van der Waals surface area contributed by atoms with Crippen LogP contribution in [0.2, 0.25) is 0 Å². The van der Waals surface area contributed by atoms with Crippen molar-refractivity contribution >= 4 is 11.8 Å². The largest absolute Gasteiger partial charge is 0.375 e. The highest BCUT2D eigenvalue weighted by molar-refractivity contribution is 5.77. The molecule has 2 rings (SSSR count). The fraction of sp³-hybridized carbons (Fsp3) is 0.737. The number of aryl methyl sites for hydroxylation is 1. The summed E-state index contributed by atoms with van der Waals surface area (Å²) in [7, 11) is 7.15. The van der Waals surface area contributed by atoms with Gasteiger partial charge in [-0.2, -0.15) is 5.10 Å². The van der Waals surface area contributed by atoms with Gasteiger partial charge in [-0.1, -0.05) is 0 Å². The highest BCUT2D eigenvalue weighted by atomic mass is 16.5. The second kappa shape index (κ2) is 9.16. The standard InChI is InChI=1S/C19H32N4O3/c1-14(24)21(2)12-17-10-18(20-23(17)4)16-8-6-15(7-9-16)11-22(3)19(25)13-26-5/h10,15-16H,6-9,11-13H2,1-5H3. The summed E-state index contributed by atoms with van der Waals surface area (Å²) in [5.41, 5.74) is 2.19. The third-order valence-electron chi connectivity index (χ3n) is 5.42. The van der Waals surface area contributed by atoms with E-state index in [-0.39, 0.29) is 18.4 Å². The van der Waals surface area contributed by atoms with Crippen LogP contribution in [0.3, 0.4) is 0 Å². The number of ether oxygens (including phenoxy) is 1. The van der Waals surface area contributed by atoms with Gasteiger partial charge in [0, 0.05) is 47.6 Å². The molecule has 0 N–H and O–H groups in total. The maximum absolute atomic E-state index is 11.8. The maximum Gasteiger partial charge on any atom is 0.248 e. The van der Waals surface area contributed by atoms with Crippen LogP contribution < -0.4 is 0 Å². The topological polar surface area (TPSA) is 67.7 Å². The molecule has 0 aliphatic heterocycles. The third kappa shape index (κ3) is 5.30. The minimum atomic E-state index is 0.0404. The Morgan fingerprint density at radius 2 is 1.88 bits per heavy atom. The molecule has 0 saturated heterocycles. The van der Waals surface area contributed by atoms with Crippen molar-refractivity contribution in [1.82, 2.24) is 19.6 Å². The van der Waals surface area contributed by atoms with Crippen LogP contribution in [0.4, 0.5) is 0 Å². The van der Waals surface area contributed by atoms with Gasteiger partial charge in [-0.3, -0.25) is 14.3 Å². The van der Waals surface area contributed by atoms with Gasteiger partial charge in [0.25, 0.3) is 0 Å². The van der Waals surface area contributed by atoms with Gasteiger partial charge in [-0.15, -0.1) is 0 Å². The van der Waals surface area contributed by atoms with Crippen LogP contribution in [0.5, 0.6) is 0 Å². The van der Waals surface area contributed by atoms with Crippen LogP contribution in [0.25, 0.3) is 0 Å². The zero-order valence-corrected chi connectivity index (χ0v) is 16.7. The first-order valence-corrected chi connectivity index (χ1v) is 9.29. The van der Waals surface area contributed by atoms with Crippen molar-refractivity contribution in [3.05, 3.63) is 17.5 Å². The molecule has 1 saturated carbocycles. The second-order valence-electron chi connectivity index (χ2n) is 7.48. The van der Waals surface area contributed by atoms with Crippen LogP contribution >= 0.6 is 0 Å². The summed E-state index contributed by atoms with van der Waals surface area (Å²) in [4.78, 5) is 26.8. The van der Waals surface area contributed by atoms with Gasteiger partial charge in [-0.05, 0) is 37.7 Å². The van der Waals surface area contributed by atoms with Crippen LogP contribution in [0, 0.1) is 5.92 Å². The van der Waals surface area contributed by atoms with Crippen molar-refractivity contribution in [2.45, 2.75) is 45.1 Å². The van der Waals surface area contributed by atoms with Crippen molar-refractivity contribution in [2.24, 2.45) is 13.0 Å². The molecule has 26 heavy (non-hydrogen) atoms. The van der Waals surface area contributed by atoms with Gasteiger partial charge in [0.15, 0.2) is 0 Å². The Balaban J connectivity index is 1.88. The quantitative estimate of drug-likeness (QED) is 0.740. The molecule has 146 valence electrons. The van der Waals surface area contributed by atoms with E-state index in [1.807, 2.05) is 25.8 Å². The molecule has 1 heterocycles. The third-order valence-corrected chi connectivity index (χ3v) is 5.42. The number of methoxy groups -OCH3 is 1. The lowest BCUT2D eigenvalue weighted by Gasteiger charge is -2.30. The first kappa shape index (κ1) is 20.4. The van der Waals surface area contributed by atoms with Crippen LogP contribution in [0.15, 0.2) is 6.07 Å². The lowest BCUT2D eigenvalue weighted by atomic mass is 9.80. The van der Waals surface area contributed by atoms with Gasteiger partial charge in [0.05, 0.1) is 17.9 Å². The normalized spacial score (nSPS) is 20.0. The predicted octanol–water partition coefficient (Wildman–Crippen LogP) is 1.78. The number of carbonyl (C=O) groups is 2.